The van der Waals surface area contributed by atoms with Crippen LogP contribution in [0.1, 0.15) is 44.6 Å². The van der Waals surface area contributed by atoms with Crippen molar-refractivity contribution < 1.29 is 4.79 Å². The zero-order valence-corrected chi connectivity index (χ0v) is 18.3. The Balaban J connectivity index is 0.00000182. The van der Waals surface area contributed by atoms with Gasteiger partial charge in [-0.05, 0) is 62.2 Å². The second-order valence-corrected chi connectivity index (χ2v) is 7.86. The van der Waals surface area contributed by atoms with E-state index in [1.807, 2.05) is 11.9 Å². The molecule has 2 atom stereocenters. The van der Waals surface area contributed by atoms with Crippen LogP contribution in [-0.4, -0.2) is 44.0 Å². The van der Waals surface area contributed by atoms with Crippen molar-refractivity contribution in [3.63, 3.8) is 0 Å². The van der Waals surface area contributed by atoms with Gasteiger partial charge in [0.15, 0.2) is 0 Å². The van der Waals surface area contributed by atoms with Gasteiger partial charge in [-0.2, -0.15) is 0 Å². The summed E-state index contributed by atoms with van der Waals surface area (Å²) in [5.74, 6) is 1.37. The number of amides is 1. The monoisotopic (exact) mass is 415 g/mol. The molecule has 2 saturated heterocycles. The topological polar surface area (TPSA) is 35.6 Å². The van der Waals surface area contributed by atoms with Gasteiger partial charge in [0.1, 0.15) is 0 Å². The first-order valence-corrected chi connectivity index (χ1v) is 9.92. The largest absolute Gasteiger partial charge is 0.371 e. The molecule has 2 aliphatic heterocycles. The Morgan fingerprint density at radius 2 is 1.93 bits per heavy atom. The standard InChI is InChI=1S/C21H33N3O.2ClH/c1-17(18-9-7-11-22-15-18)14-21(25)23(2)16-19-8-3-4-10-20(19)24-12-5-6-13-24;;/h3-4,8,10,17-18,22H,5-7,9,11-16H2,1-2H3;2*1H. The molecule has 2 unspecified atom stereocenters. The van der Waals surface area contributed by atoms with Crippen molar-refractivity contribution in [3.05, 3.63) is 29.8 Å². The van der Waals surface area contributed by atoms with Crippen LogP contribution in [-0.2, 0) is 11.3 Å². The van der Waals surface area contributed by atoms with E-state index in [-0.39, 0.29) is 30.7 Å². The average Bonchev–Trinajstić information content (AvgIpc) is 3.17. The van der Waals surface area contributed by atoms with Crippen LogP contribution in [0.4, 0.5) is 5.69 Å². The molecule has 1 amide bonds. The lowest BCUT2D eigenvalue weighted by Crippen LogP contribution is -2.36. The van der Waals surface area contributed by atoms with E-state index in [1.54, 1.807) is 0 Å². The molecule has 1 aromatic carbocycles. The lowest BCUT2D eigenvalue weighted by molar-refractivity contribution is -0.131. The molecule has 6 heteroatoms. The quantitative estimate of drug-likeness (QED) is 0.758. The van der Waals surface area contributed by atoms with Crippen LogP contribution in [0.2, 0.25) is 0 Å². The number of hydrogen-bond acceptors (Lipinski definition) is 3. The third-order valence-corrected chi connectivity index (χ3v) is 5.91. The number of halogens is 2. The van der Waals surface area contributed by atoms with E-state index >= 15 is 0 Å². The van der Waals surface area contributed by atoms with Crippen LogP contribution in [0, 0.1) is 11.8 Å². The number of piperidine rings is 1. The molecule has 2 fully saturated rings. The minimum atomic E-state index is 0. The van der Waals surface area contributed by atoms with Gasteiger partial charge in [0.2, 0.25) is 5.91 Å². The van der Waals surface area contributed by atoms with Crippen LogP contribution >= 0.6 is 24.8 Å². The average molecular weight is 416 g/mol. The first-order chi connectivity index (χ1) is 12.1. The molecule has 4 nitrogen and oxygen atoms in total. The molecule has 2 aliphatic rings. The van der Waals surface area contributed by atoms with Gasteiger partial charge in [0, 0.05) is 38.8 Å². The number of hydrogen-bond donors (Lipinski definition) is 1. The van der Waals surface area contributed by atoms with Gasteiger partial charge in [0.25, 0.3) is 0 Å². The Kier molecular flexibility index (Phi) is 10.5. The molecule has 3 rings (SSSR count). The highest BCUT2D eigenvalue weighted by Gasteiger charge is 2.24. The summed E-state index contributed by atoms with van der Waals surface area (Å²) < 4.78 is 0. The van der Waals surface area contributed by atoms with Crippen molar-refractivity contribution in [2.75, 3.05) is 38.1 Å². The smallest absolute Gasteiger partial charge is 0.222 e. The molecule has 0 radical (unpaired) electrons. The first-order valence-electron chi connectivity index (χ1n) is 9.92. The second-order valence-electron chi connectivity index (χ2n) is 7.86. The van der Waals surface area contributed by atoms with Gasteiger partial charge in [0.05, 0.1) is 0 Å². The molecule has 2 heterocycles. The van der Waals surface area contributed by atoms with Crippen molar-refractivity contribution in [3.8, 4) is 0 Å². The van der Waals surface area contributed by atoms with Gasteiger partial charge in [-0.1, -0.05) is 25.1 Å². The number of benzene rings is 1. The number of nitrogens with one attached hydrogen (secondary N) is 1. The highest BCUT2D eigenvalue weighted by molar-refractivity contribution is 5.85. The van der Waals surface area contributed by atoms with Gasteiger partial charge < -0.3 is 15.1 Å². The van der Waals surface area contributed by atoms with Crippen molar-refractivity contribution in [2.45, 2.75) is 45.6 Å². The lowest BCUT2D eigenvalue weighted by atomic mass is 9.85. The van der Waals surface area contributed by atoms with E-state index in [0.29, 0.717) is 24.8 Å². The maximum absolute atomic E-state index is 12.7. The Bertz CT molecular complexity index is 572. The Morgan fingerprint density at radius 3 is 2.59 bits per heavy atom. The molecule has 0 aromatic heterocycles. The van der Waals surface area contributed by atoms with Crippen LogP contribution in [0.5, 0.6) is 0 Å². The summed E-state index contributed by atoms with van der Waals surface area (Å²) in [6, 6.07) is 8.57. The molecule has 0 bridgehead atoms. The fraction of sp³-hybridized carbons (Fsp3) is 0.667. The zero-order valence-electron chi connectivity index (χ0n) is 16.7. The summed E-state index contributed by atoms with van der Waals surface area (Å²) in [5, 5.41) is 3.47. The summed E-state index contributed by atoms with van der Waals surface area (Å²) in [6.07, 6.45) is 5.70. The maximum Gasteiger partial charge on any atom is 0.222 e. The fourth-order valence-corrected chi connectivity index (χ4v) is 4.22. The summed E-state index contributed by atoms with van der Waals surface area (Å²) in [5.41, 5.74) is 2.58. The van der Waals surface area contributed by atoms with Crippen molar-refractivity contribution in [2.24, 2.45) is 11.8 Å². The summed E-state index contributed by atoms with van der Waals surface area (Å²) in [4.78, 5) is 17.1. The molecule has 0 saturated carbocycles. The predicted octanol–water partition coefficient (Wildman–Crippen LogP) is 4.11. The normalized spacial score (nSPS) is 20.4. The summed E-state index contributed by atoms with van der Waals surface area (Å²) in [6.45, 7) is 7.42. The molecule has 0 aliphatic carbocycles. The first kappa shape index (κ1) is 24.1. The molecular weight excluding hydrogens is 381 g/mol. The third kappa shape index (κ3) is 6.55. The van der Waals surface area contributed by atoms with E-state index in [0.717, 1.165) is 26.2 Å². The Labute approximate surface area is 176 Å². The number of para-hydroxylation sites is 1. The van der Waals surface area contributed by atoms with Crippen molar-refractivity contribution in [1.82, 2.24) is 10.2 Å². The zero-order chi connectivity index (χ0) is 17.6. The van der Waals surface area contributed by atoms with E-state index < -0.39 is 0 Å². The molecule has 1 N–H and O–H groups in total. The molecular formula is C21H35Cl2N3O. The lowest BCUT2D eigenvalue weighted by Gasteiger charge is -2.29. The molecule has 154 valence electrons. The Hall–Kier alpha value is -0.970. The van der Waals surface area contributed by atoms with E-state index in [1.165, 1.54) is 36.9 Å². The van der Waals surface area contributed by atoms with Gasteiger partial charge in [-0.25, -0.2) is 0 Å². The number of nitrogens with zero attached hydrogens (tertiary/aromatic N) is 2. The van der Waals surface area contributed by atoms with E-state index in [9.17, 15) is 4.79 Å². The number of carbonyl (C=O) groups excluding carboxylic acids is 1. The Morgan fingerprint density at radius 1 is 1.22 bits per heavy atom. The van der Waals surface area contributed by atoms with Crippen molar-refractivity contribution in [1.29, 1.82) is 0 Å². The van der Waals surface area contributed by atoms with Crippen LogP contribution in [0.15, 0.2) is 24.3 Å². The van der Waals surface area contributed by atoms with Crippen LogP contribution in [0.3, 0.4) is 0 Å². The minimum absolute atomic E-state index is 0. The van der Waals surface area contributed by atoms with Crippen molar-refractivity contribution >= 4 is 36.4 Å². The molecule has 27 heavy (non-hydrogen) atoms. The van der Waals surface area contributed by atoms with Gasteiger partial charge in [-0.15, -0.1) is 24.8 Å². The van der Waals surface area contributed by atoms with Crippen LogP contribution < -0.4 is 10.2 Å². The number of anilines is 1. The highest BCUT2D eigenvalue weighted by atomic mass is 35.5. The predicted molar refractivity (Wildman–Crippen MR) is 118 cm³/mol. The molecule has 0 spiro atoms. The summed E-state index contributed by atoms with van der Waals surface area (Å²) >= 11 is 0. The van der Waals surface area contributed by atoms with Gasteiger partial charge >= 0.3 is 0 Å². The molecule has 1 aromatic rings. The SMILES string of the molecule is CC(CC(=O)N(C)Cc1ccccc1N1CCCC1)C1CCCNC1.Cl.Cl. The second kappa shape index (κ2) is 11.8. The fourth-order valence-electron chi connectivity index (χ4n) is 4.22. The van der Waals surface area contributed by atoms with Gasteiger partial charge in [-0.3, -0.25) is 4.79 Å². The van der Waals surface area contributed by atoms with E-state index in [4.69, 9.17) is 0 Å². The third-order valence-electron chi connectivity index (χ3n) is 5.91. The summed E-state index contributed by atoms with van der Waals surface area (Å²) in [7, 11) is 1.95. The highest BCUT2D eigenvalue weighted by Crippen LogP contribution is 2.27. The van der Waals surface area contributed by atoms with E-state index in [2.05, 4.69) is 41.4 Å². The van der Waals surface area contributed by atoms with Crippen LogP contribution in [0.25, 0.3) is 0 Å². The number of carbonyl (C=O) groups is 1. The maximum atomic E-state index is 12.7. The minimum Gasteiger partial charge on any atom is -0.371 e. The number of rotatable bonds is 6.